The summed E-state index contributed by atoms with van der Waals surface area (Å²) in [5, 5.41) is 0.487. The molecule has 0 heterocycles. The first-order valence-electron chi connectivity index (χ1n) is 5.40. The highest BCUT2D eigenvalue weighted by atomic mass is 79.9. The van der Waals surface area contributed by atoms with Crippen LogP contribution in [0.15, 0.2) is 12.1 Å². The van der Waals surface area contributed by atoms with E-state index in [-0.39, 0.29) is 6.04 Å². The van der Waals surface area contributed by atoms with Gasteiger partial charge in [0.15, 0.2) is 0 Å². The smallest absolute Gasteiger partial charge is 0.260 e. The summed E-state index contributed by atoms with van der Waals surface area (Å²) in [6.45, 7) is 3.78. The van der Waals surface area contributed by atoms with Gasteiger partial charge in [0, 0.05) is 30.0 Å². The van der Waals surface area contributed by atoms with Crippen LogP contribution in [0.25, 0.3) is 0 Å². The van der Waals surface area contributed by atoms with E-state index in [0.29, 0.717) is 24.0 Å². The van der Waals surface area contributed by atoms with Gasteiger partial charge in [-0.3, -0.25) is 4.79 Å². The summed E-state index contributed by atoms with van der Waals surface area (Å²) in [6.07, 6.45) is 0. The maximum absolute atomic E-state index is 13.5. The molecular weight excluding hydrogens is 311 g/mol. The van der Waals surface area contributed by atoms with Gasteiger partial charge < -0.3 is 4.90 Å². The predicted molar refractivity (Wildman–Crippen MR) is 66.3 cm³/mol. The van der Waals surface area contributed by atoms with Gasteiger partial charge in [0.25, 0.3) is 5.91 Å². The molecule has 1 aromatic rings. The SMILES string of the molecule is CC(C)N(CCBr)C(=O)c1c(F)cc(F)cc1F. The summed E-state index contributed by atoms with van der Waals surface area (Å²) in [6, 6.07) is 0.797. The fourth-order valence-corrected chi connectivity index (χ4v) is 1.96. The number of halogens is 4. The van der Waals surface area contributed by atoms with Crippen LogP contribution >= 0.6 is 15.9 Å². The van der Waals surface area contributed by atoms with Gasteiger partial charge in [0.1, 0.15) is 23.0 Å². The standard InChI is InChI=1S/C12H13BrF3NO/c1-7(2)17(4-3-13)12(18)11-9(15)5-8(14)6-10(11)16/h5-7H,3-4H2,1-2H3. The molecule has 0 unspecified atom stereocenters. The number of hydrogen-bond donors (Lipinski definition) is 0. The van der Waals surface area contributed by atoms with E-state index < -0.39 is 28.9 Å². The largest absolute Gasteiger partial charge is 0.335 e. The van der Waals surface area contributed by atoms with E-state index in [1.807, 2.05) is 0 Å². The molecule has 2 nitrogen and oxygen atoms in total. The molecule has 0 aliphatic carbocycles. The summed E-state index contributed by atoms with van der Waals surface area (Å²) >= 11 is 3.17. The average Bonchev–Trinajstić information content (AvgIpc) is 2.23. The lowest BCUT2D eigenvalue weighted by molar-refractivity contribution is 0.0709. The van der Waals surface area contributed by atoms with Crippen molar-refractivity contribution in [2.45, 2.75) is 19.9 Å². The number of rotatable bonds is 4. The van der Waals surface area contributed by atoms with Crippen LogP contribution in [0.3, 0.4) is 0 Å². The topological polar surface area (TPSA) is 20.3 Å². The Balaban J connectivity index is 3.16. The van der Waals surface area contributed by atoms with Gasteiger partial charge in [-0.1, -0.05) is 15.9 Å². The minimum atomic E-state index is -1.18. The fourth-order valence-electron chi connectivity index (χ4n) is 1.58. The second-order valence-electron chi connectivity index (χ2n) is 4.03. The van der Waals surface area contributed by atoms with Gasteiger partial charge >= 0.3 is 0 Å². The van der Waals surface area contributed by atoms with Gasteiger partial charge in [0.2, 0.25) is 0 Å². The second kappa shape index (κ2) is 6.22. The number of benzene rings is 1. The third-order valence-corrected chi connectivity index (χ3v) is 2.79. The zero-order chi connectivity index (χ0) is 13.9. The summed E-state index contributed by atoms with van der Waals surface area (Å²) in [4.78, 5) is 13.3. The van der Waals surface area contributed by atoms with E-state index in [0.717, 1.165) is 0 Å². The molecule has 0 bridgehead atoms. The van der Waals surface area contributed by atoms with Crippen LogP contribution in [0.5, 0.6) is 0 Å². The first-order valence-corrected chi connectivity index (χ1v) is 6.52. The molecule has 100 valence electrons. The van der Waals surface area contributed by atoms with Crippen molar-refractivity contribution in [3.63, 3.8) is 0 Å². The molecular formula is C12H13BrF3NO. The number of nitrogens with zero attached hydrogens (tertiary/aromatic N) is 1. The summed E-state index contributed by atoms with van der Waals surface area (Å²) in [5.74, 6) is -4.19. The third-order valence-electron chi connectivity index (χ3n) is 2.43. The van der Waals surface area contributed by atoms with Crippen molar-refractivity contribution in [3.8, 4) is 0 Å². The van der Waals surface area contributed by atoms with Crippen LogP contribution in [0.4, 0.5) is 13.2 Å². The molecule has 0 saturated carbocycles. The zero-order valence-corrected chi connectivity index (χ0v) is 11.6. The molecule has 0 aliphatic rings. The van der Waals surface area contributed by atoms with Crippen molar-refractivity contribution < 1.29 is 18.0 Å². The van der Waals surface area contributed by atoms with Crippen LogP contribution in [0.2, 0.25) is 0 Å². The number of carbonyl (C=O) groups is 1. The molecule has 1 aromatic carbocycles. The van der Waals surface area contributed by atoms with Crippen molar-refractivity contribution in [1.29, 1.82) is 0 Å². The Morgan fingerprint density at radius 2 is 1.78 bits per heavy atom. The summed E-state index contributed by atoms with van der Waals surface area (Å²) in [7, 11) is 0. The highest BCUT2D eigenvalue weighted by molar-refractivity contribution is 9.09. The van der Waals surface area contributed by atoms with Crippen molar-refractivity contribution in [1.82, 2.24) is 4.90 Å². The first-order chi connectivity index (χ1) is 8.38. The Hall–Kier alpha value is -1.04. The molecule has 0 fully saturated rings. The second-order valence-corrected chi connectivity index (χ2v) is 4.82. The van der Waals surface area contributed by atoms with Crippen LogP contribution in [0, 0.1) is 17.5 Å². The Kier molecular flexibility index (Phi) is 5.19. The van der Waals surface area contributed by atoms with Crippen molar-refractivity contribution >= 4 is 21.8 Å². The van der Waals surface area contributed by atoms with E-state index in [2.05, 4.69) is 15.9 Å². The van der Waals surface area contributed by atoms with Crippen molar-refractivity contribution in [3.05, 3.63) is 35.1 Å². The van der Waals surface area contributed by atoms with Crippen LogP contribution in [-0.2, 0) is 0 Å². The number of carbonyl (C=O) groups excluding carboxylic acids is 1. The van der Waals surface area contributed by atoms with E-state index >= 15 is 0 Å². The Morgan fingerprint density at radius 1 is 1.28 bits per heavy atom. The van der Waals surface area contributed by atoms with E-state index in [1.165, 1.54) is 4.90 Å². The Bertz CT molecular complexity index is 428. The molecule has 0 aliphatic heterocycles. The van der Waals surface area contributed by atoms with E-state index in [9.17, 15) is 18.0 Å². The quantitative estimate of drug-likeness (QED) is 0.778. The van der Waals surface area contributed by atoms with E-state index in [1.54, 1.807) is 13.8 Å². The highest BCUT2D eigenvalue weighted by Crippen LogP contribution is 2.18. The number of alkyl halides is 1. The maximum atomic E-state index is 13.5. The van der Waals surface area contributed by atoms with Gasteiger partial charge in [-0.05, 0) is 13.8 Å². The molecule has 6 heteroatoms. The van der Waals surface area contributed by atoms with Gasteiger partial charge in [-0.2, -0.15) is 0 Å². The first kappa shape index (κ1) is 15.0. The van der Waals surface area contributed by atoms with Gasteiger partial charge in [0.05, 0.1) is 0 Å². The lowest BCUT2D eigenvalue weighted by Crippen LogP contribution is -2.39. The van der Waals surface area contributed by atoms with Gasteiger partial charge in [-0.15, -0.1) is 0 Å². The highest BCUT2D eigenvalue weighted by Gasteiger charge is 2.25. The molecule has 0 spiro atoms. The fraction of sp³-hybridized carbons (Fsp3) is 0.417. The average molecular weight is 324 g/mol. The minimum Gasteiger partial charge on any atom is -0.335 e. The van der Waals surface area contributed by atoms with Crippen molar-refractivity contribution in [2.75, 3.05) is 11.9 Å². The van der Waals surface area contributed by atoms with Gasteiger partial charge in [-0.25, -0.2) is 13.2 Å². The number of amides is 1. The minimum absolute atomic E-state index is 0.209. The Morgan fingerprint density at radius 3 is 2.17 bits per heavy atom. The molecule has 0 atom stereocenters. The lowest BCUT2D eigenvalue weighted by atomic mass is 10.1. The monoisotopic (exact) mass is 323 g/mol. The predicted octanol–water partition coefficient (Wildman–Crippen LogP) is 3.35. The Labute approximate surface area is 112 Å². The maximum Gasteiger partial charge on any atom is 0.260 e. The van der Waals surface area contributed by atoms with Crippen LogP contribution < -0.4 is 0 Å². The molecule has 18 heavy (non-hydrogen) atoms. The lowest BCUT2D eigenvalue weighted by Gasteiger charge is -2.26. The van der Waals surface area contributed by atoms with Crippen molar-refractivity contribution in [2.24, 2.45) is 0 Å². The molecule has 1 rings (SSSR count). The number of hydrogen-bond acceptors (Lipinski definition) is 1. The van der Waals surface area contributed by atoms with E-state index in [4.69, 9.17) is 0 Å². The molecule has 0 aromatic heterocycles. The molecule has 1 amide bonds. The summed E-state index contributed by atoms with van der Waals surface area (Å²) < 4.78 is 39.7. The third kappa shape index (κ3) is 3.25. The molecule has 0 N–H and O–H groups in total. The molecule has 0 saturated heterocycles. The van der Waals surface area contributed by atoms with Crippen LogP contribution in [0.1, 0.15) is 24.2 Å². The zero-order valence-electron chi connectivity index (χ0n) is 10.0. The van der Waals surface area contributed by atoms with Crippen LogP contribution in [-0.4, -0.2) is 28.7 Å². The normalized spacial score (nSPS) is 10.8. The molecule has 0 radical (unpaired) electrons. The summed E-state index contributed by atoms with van der Waals surface area (Å²) in [5.41, 5.74) is -0.717.